The van der Waals surface area contributed by atoms with Crippen molar-refractivity contribution in [2.24, 2.45) is 11.8 Å². The fraction of sp³-hybridized carbons (Fsp3) is 0.278. The van der Waals surface area contributed by atoms with Gasteiger partial charge in [-0.25, -0.2) is 0 Å². The third-order valence-corrected chi connectivity index (χ3v) is 4.65. The zero-order valence-electron chi connectivity index (χ0n) is 12.8. The molecule has 0 spiro atoms. The SMILES string of the molecule is CC(C)C1=CC(C)C(c2cccc3cccnc23)=[C]1[Cr+2].[Cl-].[Cl-]. The fourth-order valence-electron chi connectivity index (χ4n) is 2.93. The van der Waals surface area contributed by atoms with Gasteiger partial charge in [0.1, 0.15) is 0 Å². The van der Waals surface area contributed by atoms with Crippen LogP contribution in [0.4, 0.5) is 0 Å². The molecule has 1 atom stereocenters. The molecule has 2 aromatic rings. The fourth-order valence-corrected chi connectivity index (χ4v) is 3.87. The van der Waals surface area contributed by atoms with Crippen LogP contribution < -0.4 is 24.8 Å². The van der Waals surface area contributed by atoms with Crippen LogP contribution in [0, 0.1) is 11.8 Å². The Morgan fingerprint density at radius 3 is 2.41 bits per heavy atom. The van der Waals surface area contributed by atoms with Gasteiger partial charge in [-0.05, 0) is 0 Å². The number of benzene rings is 1. The summed E-state index contributed by atoms with van der Waals surface area (Å²) >= 11 is 3.30. The van der Waals surface area contributed by atoms with Gasteiger partial charge in [0.05, 0.1) is 0 Å². The largest absolute Gasteiger partial charge is 1.00 e. The van der Waals surface area contributed by atoms with E-state index >= 15 is 0 Å². The third-order valence-electron chi connectivity index (χ3n) is 3.94. The summed E-state index contributed by atoms with van der Waals surface area (Å²) < 4.78 is 1.31. The second kappa shape index (κ2) is 7.67. The second-order valence-corrected chi connectivity index (χ2v) is 6.33. The van der Waals surface area contributed by atoms with Gasteiger partial charge >= 0.3 is 129 Å². The molecule has 0 bridgehead atoms. The summed E-state index contributed by atoms with van der Waals surface area (Å²) in [6.45, 7) is 6.77. The predicted molar refractivity (Wildman–Crippen MR) is 80.7 cm³/mol. The molecule has 1 heterocycles. The van der Waals surface area contributed by atoms with Crippen LogP contribution in [0.3, 0.4) is 0 Å². The number of pyridine rings is 1. The van der Waals surface area contributed by atoms with Gasteiger partial charge in [-0.1, -0.05) is 0 Å². The monoisotopic (exact) mass is 370 g/mol. The standard InChI is InChI=1S/C18H18N.2ClH.Cr/c1-12(2)15-10-13(3)17(11-15)16-8-4-6-14-7-5-9-19-18(14)16;;;/h4-10,12-13H,1-3H3;2*1H;/q;;;+2/p-2. The van der Waals surface area contributed by atoms with Crippen LogP contribution in [0.1, 0.15) is 26.3 Å². The number of aromatic nitrogens is 1. The molecule has 22 heavy (non-hydrogen) atoms. The topological polar surface area (TPSA) is 12.9 Å². The first kappa shape index (κ1) is 19.3. The number of nitrogens with zero attached hydrogens (tertiary/aromatic N) is 1. The van der Waals surface area contributed by atoms with Crippen molar-refractivity contribution in [3.05, 3.63) is 58.2 Å². The van der Waals surface area contributed by atoms with Gasteiger partial charge in [-0.2, -0.15) is 0 Å². The summed E-state index contributed by atoms with van der Waals surface area (Å²) in [4.78, 5) is 4.59. The van der Waals surface area contributed by atoms with Crippen molar-refractivity contribution in [1.82, 2.24) is 4.98 Å². The van der Waals surface area contributed by atoms with Gasteiger partial charge in [0.2, 0.25) is 0 Å². The maximum absolute atomic E-state index is 4.59. The average molecular weight is 371 g/mol. The van der Waals surface area contributed by atoms with Crippen LogP contribution in [0.2, 0.25) is 0 Å². The molecule has 1 aliphatic carbocycles. The second-order valence-electron chi connectivity index (χ2n) is 5.69. The Morgan fingerprint density at radius 2 is 1.77 bits per heavy atom. The van der Waals surface area contributed by atoms with Crippen LogP contribution in [0.15, 0.2) is 52.6 Å². The summed E-state index contributed by atoms with van der Waals surface area (Å²) in [5.41, 5.74) is 5.18. The number of rotatable bonds is 2. The van der Waals surface area contributed by atoms with E-state index in [1.165, 1.54) is 26.5 Å². The minimum atomic E-state index is 0. The van der Waals surface area contributed by atoms with Crippen LogP contribution >= 0.6 is 0 Å². The first-order valence-electron chi connectivity index (χ1n) is 7.07. The van der Waals surface area contributed by atoms with Crippen LogP contribution in [-0.4, -0.2) is 4.98 Å². The first-order chi connectivity index (χ1) is 9.59. The summed E-state index contributed by atoms with van der Waals surface area (Å²) in [7, 11) is 0. The van der Waals surface area contributed by atoms with E-state index in [9.17, 15) is 0 Å². The Hall–Kier alpha value is -0.778. The van der Waals surface area contributed by atoms with E-state index in [1.807, 2.05) is 12.3 Å². The van der Waals surface area contributed by atoms with E-state index in [4.69, 9.17) is 0 Å². The molecular formula is C18H18Cl2CrN. The van der Waals surface area contributed by atoms with Crippen molar-refractivity contribution in [3.63, 3.8) is 0 Å². The number of hydrogen-bond acceptors (Lipinski definition) is 1. The molecular weight excluding hydrogens is 353 g/mol. The summed E-state index contributed by atoms with van der Waals surface area (Å²) in [6.07, 6.45) is 4.26. The molecule has 1 nitrogen and oxygen atoms in total. The van der Waals surface area contributed by atoms with Gasteiger partial charge in [0.25, 0.3) is 0 Å². The van der Waals surface area contributed by atoms with Crippen molar-refractivity contribution in [2.45, 2.75) is 20.8 Å². The van der Waals surface area contributed by atoms with Crippen molar-refractivity contribution in [2.75, 3.05) is 0 Å². The molecule has 3 rings (SSSR count). The first-order valence-corrected chi connectivity index (χ1v) is 7.70. The number of fused-ring (bicyclic) bond motifs is 1. The molecule has 0 fully saturated rings. The van der Waals surface area contributed by atoms with Gasteiger partial charge in [-0.3, -0.25) is 0 Å². The van der Waals surface area contributed by atoms with Gasteiger partial charge < -0.3 is 24.8 Å². The molecule has 0 saturated carbocycles. The average Bonchev–Trinajstić information content (AvgIpc) is 2.74. The van der Waals surface area contributed by atoms with Crippen LogP contribution in [-0.2, 0) is 16.3 Å². The minimum absolute atomic E-state index is 0. The molecule has 1 aliphatic rings. The van der Waals surface area contributed by atoms with E-state index in [1.54, 1.807) is 0 Å². The van der Waals surface area contributed by atoms with E-state index in [2.05, 4.69) is 72.4 Å². The van der Waals surface area contributed by atoms with Crippen molar-refractivity contribution >= 4 is 16.5 Å². The summed E-state index contributed by atoms with van der Waals surface area (Å²) in [5.74, 6) is 0.991. The van der Waals surface area contributed by atoms with Gasteiger partial charge in [-0.15, -0.1) is 0 Å². The quantitative estimate of drug-likeness (QED) is 0.642. The van der Waals surface area contributed by atoms with Crippen LogP contribution in [0.25, 0.3) is 16.5 Å². The predicted octanol–water partition coefficient (Wildman–Crippen LogP) is -1.27. The number of hydrogen-bond donors (Lipinski definition) is 0. The maximum atomic E-state index is 4.59. The van der Waals surface area contributed by atoms with Crippen molar-refractivity contribution in [1.29, 1.82) is 0 Å². The molecule has 0 aliphatic heterocycles. The smallest absolute Gasteiger partial charge is 1.00 e. The van der Waals surface area contributed by atoms with Crippen LogP contribution in [0.5, 0.6) is 0 Å². The molecule has 0 N–H and O–H groups in total. The van der Waals surface area contributed by atoms with Crippen molar-refractivity contribution < 1.29 is 41.1 Å². The van der Waals surface area contributed by atoms with E-state index in [0.29, 0.717) is 11.8 Å². The molecule has 0 saturated heterocycles. The Balaban J connectivity index is 0.00000121. The molecule has 4 heteroatoms. The minimum Gasteiger partial charge on any atom is -1.00 e. The number of halogens is 2. The molecule has 1 unspecified atom stereocenters. The molecule has 1 aromatic carbocycles. The summed E-state index contributed by atoms with van der Waals surface area (Å²) in [6, 6.07) is 10.6. The Morgan fingerprint density at radius 1 is 1.09 bits per heavy atom. The zero-order chi connectivity index (χ0) is 14.3. The molecule has 1 aromatic heterocycles. The Labute approximate surface area is 153 Å². The maximum Gasteiger partial charge on any atom is -1.00 e. The zero-order valence-corrected chi connectivity index (χ0v) is 15.6. The molecule has 0 radical (unpaired) electrons. The Kier molecular flexibility index (Phi) is 6.71. The van der Waals surface area contributed by atoms with Gasteiger partial charge in [0.15, 0.2) is 0 Å². The normalized spacial score (nSPS) is 17.2. The summed E-state index contributed by atoms with van der Waals surface area (Å²) in [5, 5.41) is 1.20. The van der Waals surface area contributed by atoms with Crippen molar-refractivity contribution in [3.8, 4) is 0 Å². The molecule has 115 valence electrons. The van der Waals surface area contributed by atoms with E-state index in [-0.39, 0.29) is 24.8 Å². The number of allylic oxidation sites excluding steroid dienone is 4. The van der Waals surface area contributed by atoms with E-state index in [0.717, 1.165) is 5.52 Å². The number of para-hydroxylation sites is 1. The van der Waals surface area contributed by atoms with Gasteiger partial charge in [0, 0.05) is 0 Å². The molecule has 0 amide bonds. The Bertz CT molecular complexity index is 729. The third kappa shape index (κ3) is 3.26. The van der Waals surface area contributed by atoms with E-state index < -0.39 is 0 Å².